The van der Waals surface area contributed by atoms with Crippen LogP contribution in [0.25, 0.3) is 10.9 Å². The second-order valence-corrected chi connectivity index (χ2v) is 6.71. The molecule has 0 unspecified atom stereocenters. The molecule has 0 aliphatic rings. The zero-order valence-corrected chi connectivity index (χ0v) is 15.7. The number of aliphatic hydroxyl groups excluding tert-OH is 1. The number of benzene rings is 2. The summed E-state index contributed by atoms with van der Waals surface area (Å²) in [7, 11) is 0. The number of aromatic amines is 1. The highest BCUT2D eigenvalue weighted by molar-refractivity contribution is 5.84. The Balaban J connectivity index is 1.67. The molecule has 0 radical (unpaired) electrons. The molecule has 154 valence electrons. The monoisotopic (exact) mass is 406 g/mol. The highest BCUT2D eigenvalue weighted by atomic mass is 19.4. The minimum Gasteiger partial charge on any atom is -0.480 e. The molecule has 2 atom stereocenters. The van der Waals surface area contributed by atoms with Gasteiger partial charge in [-0.3, -0.25) is 4.79 Å². The molecule has 2 aromatic carbocycles. The molecule has 0 spiro atoms. The van der Waals surface area contributed by atoms with E-state index in [1.54, 1.807) is 6.20 Å². The van der Waals surface area contributed by atoms with E-state index in [0.29, 0.717) is 6.42 Å². The van der Waals surface area contributed by atoms with Crippen molar-refractivity contribution in [3.8, 4) is 5.75 Å². The van der Waals surface area contributed by atoms with Crippen molar-refractivity contribution in [2.24, 2.45) is 0 Å². The van der Waals surface area contributed by atoms with E-state index in [1.807, 2.05) is 24.3 Å². The summed E-state index contributed by atoms with van der Waals surface area (Å²) in [5.74, 6) is -1.03. The number of carbonyl (C=O) groups excluding carboxylic acids is 1. The Kier molecular flexibility index (Phi) is 6.12. The first-order valence-electron chi connectivity index (χ1n) is 9.08. The van der Waals surface area contributed by atoms with Gasteiger partial charge in [0.15, 0.2) is 6.10 Å². The third-order valence-corrected chi connectivity index (χ3v) is 4.57. The van der Waals surface area contributed by atoms with Crippen LogP contribution in [0.2, 0.25) is 0 Å². The zero-order valence-electron chi connectivity index (χ0n) is 15.7. The van der Waals surface area contributed by atoms with E-state index in [2.05, 4.69) is 10.3 Å². The minimum absolute atomic E-state index is 0.322. The molecule has 3 N–H and O–H groups in total. The van der Waals surface area contributed by atoms with E-state index >= 15 is 0 Å². The van der Waals surface area contributed by atoms with Gasteiger partial charge in [-0.25, -0.2) is 0 Å². The molecule has 0 saturated heterocycles. The fourth-order valence-corrected chi connectivity index (χ4v) is 3.09. The van der Waals surface area contributed by atoms with Gasteiger partial charge in [-0.1, -0.05) is 30.3 Å². The first-order valence-corrected chi connectivity index (χ1v) is 9.08. The summed E-state index contributed by atoms with van der Waals surface area (Å²) in [6.45, 7) is 1.04. The third kappa shape index (κ3) is 4.89. The predicted molar refractivity (Wildman–Crippen MR) is 103 cm³/mol. The number of ether oxygens (including phenoxy) is 1. The summed E-state index contributed by atoms with van der Waals surface area (Å²) in [5.41, 5.74) is 0.902. The molecular formula is C21H21F3N2O3. The smallest absolute Gasteiger partial charge is 0.419 e. The number of fused-ring (bicyclic) bond motifs is 1. The van der Waals surface area contributed by atoms with E-state index in [1.165, 1.54) is 25.1 Å². The van der Waals surface area contributed by atoms with E-state index in [4.69, 9.17) is 4.74 Å². The number of aliphatic hydroxyl groups is 1. The Morgan fingerprint density at radius 3 is 2.59 bits per heavy atom. The predicted octanol–water partition coefficient (Wildman–Crippen LogP) is 3.67. The number of H-pyrrole nitrogens is 1. The van der Waals surface area contributed by atoms with Crippen LogP contribution in [-0.2, 0) is 17.4 Å². The molecule has 0 fully saturated rings. The van der Waals surface area contributed by atoms with Crippen LogP contribution in [-0.4, -0.2) is 34.8 Å². The van der Waals surface area contributed by atoms with Gasteiger partial charge < -0.3 is 20.1 Å². The fraction of sp³-hybridized carbons (Fsp3) is 0.286. The number of hydrogen-bond acceptors (Lipinski definition) is 3. The van der Waals surface area contributed by atoms with Gasteiger partial charge in [0.05, 0.1) is 18.2 Å². The Hall–Kier alpha value is -3.00. The largest absolute Gasteiger partial charge is 0.480 e. The Morgan fingerprint density at radius 1 is 1.17 bits per heavy atom. The average Bonchev–Trinajstić information content (AvgIpc) is 3.10. The summed E-state index contributed by atoms with van der Waals surface area (Å²) in [4.78, 5) is 15.6. The van der Waals surface area contributed by atoms with E-state index in [0.717, 1.165) is 22.5 Å². The van der Waals surface area contributed by atoms with Crippen molar-refractivity contribution in [3.05, 3.63) is 65.9 Å². The average molecular weight is 406 g/mol. The molecular weight excluding hydrogens is 385 g/mol. The van der Waals surface area contributed by atoms with E-state index < -0.39 is 35.5 Å². The molecule has 1 aromatic heterocycles. The molecule has 0 bridgehead atoms. The topological polar surface area (TPSA) is 74.3 Å². The van der Waals surface area contributed by atoms with Gasteiger partial charge in [0, 0.05) is 17.1 Å². The lowest BCUT2D eigenvalue weighted by Crippen LogP contribution is -2.45. The molecule has 3 aromatic rings. The fourth-order valence-electron chi connectivity index (χ4n) is 3.09. The highest BCUT2D eigenvalue weighted by Crippen LogP contribution is 2.36. The summed E-state index contributed by atoms with van der Waals surface area (Å²) in [6, 6.07) is 11.7. The SMILES string of the molecule is C[C@H](Oc1ccccc1C(F)(F)F)C(=O)N[C@H](CO)Cc1c[nH]c2ccccc12. The first-order chi connectivity index (χ1) is 13.8. The molecule has 8 heteroatoms. The third-order valence-electron chi connectivity index (χ3n) is 4.57. The lowest BCUT2D eigenvalue weighted by molar-refractivity contribution is -0.140. The summed E-state index contributed by atoms with van der Waals surface area (Å²) < 4.78 is 44.5. The maximum absolute atomic E-state index is 13.1. The van der Waals surface area contributed by atoms with Crippen molar-refractivity contribution in [2.75, 3.05) is 6.61 Å². The van der Waals surface area contributed by atoms with Gasteiger partial charge in [-0.2, -0.15) is 13.2 Å². The van der Waals surface area contributed by atoms with Crippen LogP contribution in [0.4, 0.5) is 13.2 Å². The number of aromatic nitrogens is 1. The number of alkyl halides is 3. The van der Waals surface area contributed by atoms with Gasteiger partial charge >= 0.3 is 6.18 Å². The molecule has 0 aliphatic heterocycles. The second-order valence-electron chi connectivity index (χ2n) is 6.71. The Labute approximate surface area is 165 Å². The van der Waals surface area contributed by atoms with E-state index in [9.17, 15) is 23.1 Å². The van der Waals surface area contributed by atoms with Crippen LogP contribution in [0, 0.1) is 0 Å². The van der Waals surface area contributed by atoms with Crippen molar-refractivity contribution in [2.45, 2.75) is 31.7 Å². The zero-order chi connectivity index (χ0) is 21.0. The first kappa shape index (κ1) is 20.7. The normalized spacial score (nSPS) is 13.8. The number of rotatable bonds is 7. The lowest BCUT2D eigenvalue weighted by atomic mass is 10.1. The number of halogens is 3. The number of para-hydroxylation sites is 2. The molecule has 29 heavy (non-hydrogen) atoms. The highest BCUT2D eigenvalue weighted by Gasteiger charge is 2.35. The molecule has 0 saturated carbocycles. The summed E-state index contributed by atoms with van der Waals surface area (Å²) in [5, 5.41) is 13.3. The van der Waals surface area contributed by atoms with E-state index in [-0.39, 0.29) is 6.61 Å². The maximum Gasteiger partial charge on any atom is 0.419 e. The summed E-state index contributed by atoms with van der Waals surface area (Å²) in [6.07, 6.45) is -3.59. The van der Waals surface area contributed by atoms with Gasteiger partial charge in [-0.15, -0.1) is 0 Å². The number of hydrogen-bond donors (Lipinski definition) is 3. The van der Waals surface area contributed by atoms with Crippen LogP contribution in [0.1, 0.15) is 18.1 Å². The number of nitrogens with one attached hydrogen (secondary N) is 2. The van der Waals surface area contributed by atoms with Gasteiger partial charge in [-0.05, 0) is 37.1 Å². The van der Waals surface area contributed by atoms with Crippen LogP contribution in [0.15, 0.2) is 54.7 Å². The minimum atomic E-state index is -4.59. The van der Waals surface area contributed by atoms with Crippen LogP contribution >= 0.6 is 0 Å². The van der Waals surface area contributed by atoms with Crippen molar-refractivity contribution in [3.63, 3.8) is 0 Å². The molecule has 1 amide bonds. The number of carbonyl (C=O) groups is 1. The molecule has 0 aliphatic carbocycles. The maximum atomic E-state index is 13.1. The van der Waals surface area contributed by atoms with Gasteiger partial charge in [0.25, 0.3) is 5.91 Å². The van der Waals surface area contributed by atoms with Gasteiger partial charge in [0.1, 0.15) is 5.75 Å². The number of amides is 1. The lowest BCUT2D eigenvalue weighted by Gasteiger charge is -2.21. The Bertz CT molecular complexity index is 984. The van der Waals surface area contributed by atoms with Gasteiger partial charge in [0.2, 0.25) is 0 Å². The van der Waals surface area contributed by atoms with Crippen molar-refractivity contribution >= 4 is 16.8 Å². The van der Waals surface area contributed by atoms with Crippen molar-refractivity contribution in [1.29, 1.82) is 0 Å². The van der Waals surface area contributed by atoms with Crippen LogP contribution in [0.3, 0.4) is 0 Å². The Morgan fingerprint density at radius 2 is 1.86 bits per heavy atom. The van der Waals surface area contributed by atoms with Crippen molar-refractivity contribution < 1.29 is 27.8 Å². The molecule has 5 nitrogen and oxygen atoms in total. The van der Waals surface area contributed by atoms with Crippen molar-refractivity contribution in [1.82, 2.24) is 10.3 Å². The standard InChI is InChI=1S/C21H21F3N2O3/c1-13(29-19-9-5-3-7-17(19)21(22,23)24)20(28)26-15(12-27)10-14-11-25-18-8-4-2-6-16(14)18/h2-9,11,13,15,25,27H,10,12H2,1H3,(H,26,28)/t13-,15-/m0/s1. The quantitative estimate of drug-likeness (QED) is 0.561. The van der Waals surface area contributed by atoms with Crippen LogP contribution in [0.5, 0.6) is 5.75 Å². The second kappa shape index (κ2) is 8.57. The molecule has 1 heterocycles. The summed E-state index contributed by atoms with van der Waals surface area (Å²) >= 11 is 0. The molecule has 3 rings (SSSR count). The van der Waals surface area contributed by atoms with Crippen LogP contribution < -0.4 is 10.1 Å².